The maximum absolute atomic E-state index is 11.8. The Labute approximate surface area is 211 Å². The average molecular weight is 483 g/mol. The van der Waals surface area contributed by atoms with Crippen LogP contribution in [0.3, 0.4) is 0 Å². The molecule has 0 fully saturated rings. The molecule has 3 atom stereocenters. The maximum Gasteiger partial charge on any atom is 0.303 e. The molecular weight excluding hydrogens is 424 g/mol. The van der Waals surface area contributed by atoms with E-state index >= 15 is 0 Å². The van der Waals surface area contributed by atoms with Crippen molar-refractivity contribution in [2.75, 3.05) is 0 Å². The van der Waals surface area contributed by atoms with Gasteiger partial charge in [-0.25, -0.2) is 0 Å². The Morgan fingerprint density at radius 3 is 1.44 bits per heavy atom. The highest BCUT2D eigenvalue weighted by molar-refractivity contribution is 5.67. The van der Waals surface area contributed by atoms with E-state index in [1.54, 1.807) is 0 Å². The number of rotatable bonds is 25. The third-order valence-corrected chi connectivity index (χ3v) is 7.93. The van der Waals surface area contributed by atoms with Crippen molar-refractivity contribution < 1.29 is 19.8 Å². The first-order valence-corrected chi connectivity index (χ1v) is 14.8. The van der Waals surface area contributed by atoms with Gasteiger partial charge in [0.2, 0.25) is 0 Å². The topological polar surface area (TPSA) is 74.6 Å². The first kappa shape index (κ1) is 32.9. The molecule has 3 unspecified atom stereocenters. The Hall–Kier alpha value is -1.06. The van der Waals surface area contributed by atoms with Crippen molar-refractivity contribution in [3.8, 4) is 0 Å². The number of carbonyl (C=O) groups is 2. The third-order valence-electron chi connectivity index (χ3n) is 7.93. The van der Waals surface area contributed by atoms with E-state index in [0.717, 1.165) is 50.4 Å². The number of unbranched alkanes of at least 4 members (excludes halogenated alkanes) is 8. The molecule has 0 aromatic carbocycles. The van der Waals surface area contributed by atoms with Crippen LogP contribution in [-0.4, -0.2) is 22.2 Å². The zero-order chi connectivity index (χ0) is 25.6. The average Bonchev–Trinajstić information content (AvgIpc) is 2.80. The smallest absolute Gasteiger partial charge is 0.303 e. The highest BCUT2D eigenvalue weighted by atomic mass is 16.4. The van der Waals surface area contributed by atoms with Crippen molar-refractivity contribution in [2.45, 2.75) is 156 Å². The summed E-state index contributed by atoms with van der Waals surface area (Å²) in [7, 11) is 0. The molecule has 4 heteroatoms. The predicted octanol–water partition coefficient (Wildman–Crippen LogP) is 9.50. The van der Waals surface area contributed by atoms with Gasteiger partial charge in [-0.3, -0.25) is 9.59 Å². The van der Waals surface area contributed by atoms with Crippen LogP contribution in [0.1, 0.15) is 156 Å². The number of aliphatic carboxylic acids is 2. The molecule has 0 bridgehead atoms. The largest absolute Gasteiger partial charge is 0.481 e. The summed E-state index contributed by atoms with van der Waals surface area (Å²) < 4.78 is 0. The van der Waals surface area contributed by atoms with E-state index in [1.807, 2.05) is 0 Å². The molecule has 0 saturated carbocycles. The number of hydrogen-bond acceptors (Lipinski definition) is 2. The van der Waals surface area contributed by atoms with Gasteiger partial charge >= 0.3 is 11.9 Å². The summed E-state index contributed by atoms with van der Waals surface area (Å²) >= 11 is 0. The SMILES string of the molecule is CCCCC(CC)CC(CC(CC)CCCC)C(CCCCCCCCCC(=O)O)CC(=O)O. The van der Waals surface area contributed by atoms with Gasteiger partial charge in [0.1, 0.15) is 0 Å². The number of carboxylic acid groups (broad SMARTS) is 2. The molecule has 2 N–H and O–H groups in total. The van der Waals surface area contributed by atoms with E-state index in [1.165, 1.54) is 77.0 Å². The van der Waals surface area contributed by atoms with Crippen molar-refractivity contribution in [3.05, 3.63) is 0 Å². The van der Waals surface area contributed by atoms with Crippen LogP contribution >= 0.6 is 0 Å². The van der Waals surface area contributed by atoms with Gasteiger partial charge in [-0.1, -0.05) is 118 Å². The Morgan fingerprint density at radius 2 is 1.03 bits per heavy atom. The molecule has 34 heavy (non-hydrogen) atoms. The van der Waals surface area contributed by atoms with E-state index in [-0.39, 0.29) is 6.42 Å². The lowest BCUT2D eigenvalue weighted by atomic mass is 9.73. The Kier molecular flexibility index (Phi) is 21.7. The van der Waals surface area contributed by atoms with Crippen LogP contribution in [-0.2, 0) is 9.59 Å². The lowest BCUT2D eigenvalue weighted by molar-refractivity contribution is -0.139. The van der Waals surface area contributed by atoms with Crippen molar-refractivity contribution in [2.24, 2.45) is 23.7 Å². The minimum absolute atomic E-state index is 0.284. The standard InChI is InChI=1S/C30H58O4/c1-5-9-18-25(7-3)22-28(23-26(8-4)19-10-6-2)27(24-30(33)34)20-16-14-12-11-13-15-17-21-29(31)32/h25-28H,5-24H2,1-4H3,(H,31,32)(H,33,34). The van der Waals surface area contributed by atoms with E-state index in [4.69, 9.17) is 5.11 Å². The molecule has 0 spiro atoms. The predicted molar refractivity (Wildman–Crippen MR) is 144 cm³/mol. The molecule has 0 aliphatic heterocycles. The molecule has 4 nitrogen and oxygen atoms in total. The van der Waals surface area contributed by atoms with Gasteiger partial charge < -0.3 is 10.2 Å². The van der Waals surface area contributed by atoms with Crippen LogP contribution in [0.4, 0.5) is 0 Å². The molecule has 0 radical (unpaired) electrons. The fourth-order valence-electron chi connectivity index (χ4n) is 5.60. The monoisotopic (exact) mass is 482 g/mol. The molecule has 0 aliphatic carbocycles. The summed E-state index contributed by atoms with van der Waals surface area (Å²) in [4.78, 5) is 22.4. The maximum atomic E-state index is 11.8. The highest BCUT2D eigenvalue weighted by Crippen LogP contribution is 2.37. The second-order valence-electron chi connectivity index (χ2n) is 10.8. The quantitative estimate of drug-likeness (QED) is 0.127. The molecule has 0 aromatic heterocycles. The molecule has 0 rings (SSSR count). The molecule has 0 aromatic rings. The lowest BCUT2D eigenvalue weighted by Gasteiger charge is -2.32. The zero-order valence-corrected chi connectivity index (χ0v) is 23.2. The number of carboxylic acids is 2. The van der Waals surface area contributed by atoms with Crippen LogP contribution < -0.4 is 0 Å². The molecular formula is C30H58O4. The molecule has 202 valence electrons. The summed E-state index contributed by atoms with van der Waals surface area (Å²) in [6, 6.07) is 0. The van der Waals surface area contributed by atoms with Crippen molar-refractivity contribution in [1.82, 2.24) is 0 Å². The minimum Gasteiger partial charge on any atom is -0.481 e. The lowest BCUT2D eigenvalue weighted by Crippen LogP contribution is -2.24. The van der Waals surface area contributed by atoms with Gasteiger partial charge in [0.25, 0.3) is 0 Å². The molecule has 0 heterocycles. The summed E-state index contributed by atoms with van der Waals surface area (Å²) in [6.45, 7) is 9.16. The van der Waals surface area contributed by atoms with Gasteiger partial charge in [-0.15, -0.1) is 0 Å². The Balaban J connectivity index is 4.93. The van der Waals surface area contributed by atoms with Gasteiger partial charge in [0, 0.05) is 12.8 Å². The van der Waals surface area contributed by atoms with Crippen molar-refractivity contribution in [3.63, 3.8) is 0 Å². The second-order valence-corrected chi connectivity index (χ2v) is 10.8. The van der Waals surface area contributed by atoms with Gasteiger partial charge in [-0.05, 0) is 49.4 Å². The highest BCUT2D eigenvalue weighted by Gasteiger charge is 2.28. The zero-order valence-electron chi connectivity index (χ0n) is 23.2. The van der Waals surface area contributed by atoms with Crippen molar-refractivity contribution >= 4 is 11.9 Å². The van der Waals surface area contributed by atoms with Crippen LogP contribution in [0.25, 0.3) is 0 Å². The molecule has 0 amide bonds. The number of hydrogen-bond donors (Lipinski definition) is 2. The first-order chi connectivity index (χ1) is 16.4. The van der Waals surface area contributed by atoms with E-state index in [2.05, 4.69) is 27.7 Å². The van der Waals surface area contributed by atoms with Crippen LogP contribution in [0.5, 0.6) is 0 Å². The molecule has 0 saturated heterocycles. The van der Waals surface area contributed by atoms with E-state index < -0.39 is 11.9 Å². The third kappa shape index (κ3) is 18.3. The van der Waals surface area contributed by atoms with E-state index in [9.17, 15) is 14.7 Å². The van der Waals surface area contributed by atoms with E-state index in [0.29, 0.717) is 18.3 Å². The molecule has 0 aliphatic rings. The van der Waals surface area contributed by atoms with Gasteiger partial charge in [-0.2, -0.15) is 0 Å². The Morgan fingerprint density at radius 1 is 0.559 bits per heavy atom. The van der Waals surface area contributed by atoms with Crippen LogP contribution in [0, 0.1) is 23.7 Å². The second kappa shape index (κ2) is 22.4. The van der Waals surface area contributed by atoms with Crippen LogP contribution in [0.15, 0.2) is 0 Å². The summed E-state index contributed by atoms with van der Waals surface area (Å²) in [5.41, 5.74) is 0. The fraction of sp³-hybridized carbons (Fsp3) is 0.933. The Bertz CT molecular complexity index is 472. The van der Waals surface area contributed by atoms with Crippen LogP contribution in [0.2, 0.25) is 0 Å². The van der Waals surface area contributed by atoms with Crippen molar-refractivity contribution in [1.29, 1.82) is 0 Å². The van der Waals surface area contributed by atoms with Gasteiger partial charge in [0.05, 0.1) is 0 Å². The minimum atomic E-state index is -0.695. The van der Waals surface area contributed by atoms with Gasteiger partial charge in [0.15, 0.2) is 0 Å². The summed E-state index contributed by atoms with van der Waals surface area (Å²) in [5, 5.41) is 18.4. The summed E-state index contributed by atoms with van der Waals surface area (Å²) in [6.07, 6.45) is 21.7. The first-order valence-electron chi connectivity index (χ1n) is 14.8. The normalized spacial score (nSPS) is 15.1. The summed E-state index contributed by atoms with van der Waals surface area (Å²) in [5.74, 6) is 0.984. The fourth-order valence-corrected chi connectivity index (χ4v) is 5.60.